The Labute approximate surface area is 169 Å². The third kappa shape index (κ3) is 3.61. The van der Waals surface area contributed by atoms with E-state index in [1.165, 1.54) is 11.3 Å². The molecule has 26 heavy (non-hydrogen) atoms. The highest BCUT2D eigenvalue weighted by molar-refractivity contribution is 9.11. The van der Waals surface area contributed by atoms with Crippen molar-refractivity contribution in [1.82, 2.24) is 9.21 Å². The van der Waals surface area contributed by atoms with Crippen LogP contribution in [-0.4, -0.2) is 50.6 Å². The Morgan fingerprint density at radius 1 is 1.15 bits per heavy atom. The highest BCUT2D eigenvalue weighted by Crippen LogP contribution is 2.40. The van der Waals surface area contributed by atoms with Crippen LogP contribution in [0.1, 0.15) is 5.56 Å². The fourth-order valence-corrected chi connectivity index (χ4v) is 6.94. The van der Waals surface area contributed by atoms with Crippen LogP contribution in [0.25, 0.3) is 0 Å². The van der Waals surface area contributed by atoms with Crippen LogP contribution >= 0.6 is 38.9 Å². The third-order valence-electron chi connectivity index (χ3n) is 4.37. The van der Waals surface area contributed by atoms with Crippen LogP contribution in [0.5, 0.6) is 11.5 Å². The number of sulfonamides is 1. The van der Waals surface area contributed by atoms with Crippen molar-refractivity contribution in [3.8, 4) is 11.5 Å². The summed E-state index contributed by atoms with van der Waals surface area (Å²) < 4.78 is 38.8. The summed E-state index contributed by atoms with van der Waals surface area (Å²) in [6.07, 6.45) is 0. The number of thiophene rings is 1. The molecule has 1 fully saturated rings. The summed E-state index contributed by atoms with van der Waals surface area (Å²) in [6.45, 7) is 3.14. The Bertz CT molecular complexity index is 926. The van der Waals surface area contributed by atoms with Gasteiger partial charge in [-0.3, -0.25) is 4.90 Å². The van der Waals surface area contributed by atoms with E-state index in [9.17, 15) is 8.42 Å². The van der Waals surface area contributed by atoms with Gasteiger partial charge in [0.05, 0.1) is 8.81 Å². The maximum absolute atomic E-state index is 12.7. The van der Waals surface area contributed by atoms with Crippen molar-refractivity contribution in [2.45, 2.75) is 10.8 Å². The maximum Gasteiger partial charge on any atom is 0.252 e. The lowest BCUT2D eigenvalue weighted by Crippen LogP contribution is -2.48. The molecule has 140 valence electrons. The Hall–Kier alpha value is -0.840. The molecule has 0 N–H and O–H groups in total. The van der Waals surface area contributed by atoms with Gasteiger partial charge in [-0.05, 0) is 45.8 Å². The van der Waals surface area contributed by atoms with Crippen molar-refractivity contribution in [2.24, 2.45) is 0 Å². The minimum Gasteiger partial charge on any atom is -0.454 e. The molecule has 2 aliphatic rings. The first kappa shape index (κ1) is 18.5. The van der Waals surface area contributed by atoms with Crippen molar-refractivity contribution >= 4 is 48.9 Å². The molecule has 0 radical (unpaired) electrons. The SMILES string of the molecule is O=S(=O)(c1ccc(Br)s1)N1CCN(Cc2cc(Cl)c3c(c2)OCO3)CC1. The molecule has 0 amide bonds. The van der Waals surface area contributed by atoms with Crippen LogP contribution in [-0.2, 0) is 16.6 Å². The number of nitrogens with zero attached hydrogens (tertiary/aromatic N) is 2. The molecule has 0 saturated carbocycles. The number of ether oxygens (including phenoxy) is 2. The van der Waals surface area contributed by atoms with Gasteiger partial charge in [-0.15, -0.1) is 11.3 Å². The number of benzene rings is 1. The summed E-state index contributed by atoms with van der Waals surface area (Å²) in [5.41, 5.74) is 1.03. The third-order valence-corrected chi connectivity index (χ3v) is 8.64. The van der Waals surface area contributed by atoms with E-state index in [-0.39, 0.29) is 6.79 Å². The lowest BCUT2D eigenvalue weighted by Gasteiger charge is -2.33. The molecule has 0 unspecified atom stereocenters. The van der Waals surface area contributed by atoms with Gasteiger partial charge in [0.1, 0.15) is 4.21 Å². The van der Waals surface area contributed by atoms with Crippen LogP contribution in [0, 0.1) is 0 Å². The number of halogens is 2. The molecule has 0 aliphatic carbocycles. The van der Waals surface area contributed by atoms with Gasteiger partial charge >= 0.3 is 0 Å². The second kappa shape index (κ2) is 7.29. The van der Waals surface area contributed by atoms with E-state index in [4.69, 9.17) is 21.1 Å². The zero-order valence-corrected chi connectivity index (χ0v) is 17.6. The summed E-state index contributed by atoms with van der Waals surface area (Å²) in [6, 6.07) is 7.21. The average molecular weight is 480 g/mol. The topological polar surface area (TPSA) is 59.1 Å². The lowest BCUT2D eigenvalue weighted by atomic mass is 10.1. The van der Waals surface area contributed by atoms with Crippen LogP contribution in [0.3, 0.4) is 0 Å². The summed E-state index contributed by atoms with van der Waals surface area (Å²) in [5.74, 6) is 1.26. The van der Waals surface area contributed by atoms with Crippen LogP contribution < -0.4 is 9.47 Å². The van der Waals surface area contributed by atoms with E-state index in [0.29, 0.717) is 53.5 Å². The van der Waals surface area contributed by atoms with Gasteiger partial charge in [0.25, 0.3) is 10.0 Å². The van der Waals surface area contributed by atoms with Gasteiger partial charge in [-0.1, -0.05) is 11.6 Å². The monoisotopic (exact) mass is 478 g/mol. The molecule has 0 atom stereocenters. The van der Waals surface area contributed by atoms with E-state index in [1.807, 2.05) is 12.1 Å². The second-order valence-electron chi connectivity index (χ2n) is 6.05. The van der Waals surface area contributed by atoms with Gasteiger partial charge in [-0.2, -0.15) is 4.31 Å². The van der Waals surface area contributed by atoms with Crippen molar-refractivity contribution in [3.63, 3.8) is 0 Å². The summed E-state index contributed by atoms with van der Waals surface area (Å²) >= 11 is 10.8. The van der Waals surface area contributed by atoms with Crippen LogP contribution in [0.2, 0.25) is 5.02 Å². The molecule has 6 nitrogen and oxygen atoms in total. The normalized spacial score (nSPS) is 18.4. The maximum atomic E-state index is 12.7. The quantitative estimate of drug-likeness (QED) is 0.673. The molecule has 10 heteroatoms. The van der Waals surface area contributed by atoms with Crippen LogP contribution in [0.15, 0.2) is 32.3 Å². The predicted molar refractivity (Wildman–Crippen MR) is 104 cm³/mol. The Morgan fingerprint density at radius 2 is 1.92 bits per heavy atom. The van der Waals surface area contributed by atoms with Gasteiger partial charge in [0, 0.05) is 32.7 Å². The second-order valence-corrected chi connectivity index (χ2v) is 11.1. The van der Waals surface area contributed by atoms with Gasteiger partial charge in [0.2, 0.25) is 6.79 Å². The van der Waals surface area contributed by atoms with E-state index in [0.717, 1.165) is 9.35 Å². The van der Waals surface area contributed by atoms with Crippen molar-refractivity contribution in [3.05, 3.63) is 38.6 Å². The first-order valence-electron chi connectivity index (χ1n) is 7.99. The summed E-state index contributed by atoms with van der Waals surface area (Å²) in [5, 5.41) is 0.541. The van der Waals surface area contributed by atoms with Crippen molar-refractivity contribution < 1.29 is 17.9 Å². The number of hydrogen-bond acceptors (Lipinski definition) is 6. The van der Waals surface area contributed by atoms with Gasteiger partial charge in [-0.25, -0.2) is 8.42 Å². The number of piperazine rings is 1. The molecule has 2 aromatic rings. The molecular weight excluding hydrogens is 464 g/mol. The van der Waals surface area contributed by atoms with E-state index in [2.05, 4.69) is 20.8 Å². The number of hydrogen-bond donors (Lipinski definition) is 0. The van der Waals surface area contributed by atoms with Gasteiger partial charge in [0.15, 0.2) is 11.5 Å². The van der Waals surface area contributed by atoms with Gasteiger partial charge < -0.3 is 9.47 Å². The molecule has 1 saturated heterocycles. The lowest BCUT2D eigenvalue weighted by molar-refractivity contribution is 0.173. The zero-order chi connectivity index (χ0) is 18.3. The fourth-order valence-electron chi connectivity index (χ4n) is 3.06. The zero-order valence-electron chi connectivity index (χ0n) is 13.7. The molecule has 0 bridgehead atoms. The number of rotatable bonds is 4. The van der Waals surface area contributed by atoms with E-state index >= 15 is 0 Å². The first-order chi connectivity index (χ1) is 12.4. The fraction of sp³-hybridized carbons (Fsp3) is 0.375. The molecular formula is C16H16BrClN2O4S2. The minimum atomic E-state index is -3.41. The molecule has 1 aromatic heterocycles. The van der Waals surface area contributed by atoms with E-state index in [1.54, 1.807) is 16.4 Å². The minimum absolute atomic E-state index is 0.188. The highest BCUT2D eigenvalue weighted by Gasteiger charge is 2.30. The first-order valence-corrected chi connectivity index (χ1v) is 11.4. The Kier molecular flexibility index (Phi) is 5.19. The summed E-state index contributed by atoms with van der Waals surface area (Å²) in [4.78, 5) is 2.21. The molecule has 1 aromatic carbocycles. The standard InChI is InChI=1S/C16H16BrClN2O4S2/c17-14-1-2-15(25-14)26(21,22)20-5-3-19(4-6-20)9-11-7-12(18)16-13(8-11)23-10-24-16/h1-2,7-8H,3-6,9-10H2. The Morgan fingerprint density at radius 3 is 2.62 bits per heavy atom. The predicted octanol–water partition coefficient (Wildman–Crippen LogP) is 3.40. The van der Waals surface area contributed by atoms with Crippen molar-refractivity contribution in [2.75, 3.05) is 33.0 Å². The van der Waals surface area contributed by atoms with E-state index < -0.39 is 10.0 Å². The Balaban J connectivity index is 1.41. The largest absolute Gasteiger partial charge is 0.454 e. The average Bonchev–Trinajstić information content (AvgIpc) is 3.25. The smallest absolute Gasteiger partial charge is 0.252 e. The van der Waals surface area contributed by atoms with Crippen LogP contribution in [0.4, 0.5) is 0 Å². The molecule has 2 aliphatic heterocycles. The molecule has 0 spiro atoms. The number of fused-ring (bicyclic) bond motifs is 1. The molecule has 4 rings (SSSR count). The van der Waals surface area contributed by atoms with Crippen molar-refractivity contribution in [1.29, 1.82) is 0 Å². The highest BCUT2D eigenvalue weighted by atomic mass is 79.9. The molecule has 3 heterocycles. The summed E-state index contributed by atoms with van der Waals surface area (Å²) in [7, 11) is -3.41.